The SMILES string of the molecule is O=C1c2ccccc2N=C2[C@@H]1[C@@H]1CC3(C(=O)Nc4ccccc43)C2(CO)NC1=O. The van der Waals surface area contributed by atoms with Crippen molar-refractivity contribution in [3.63, 3.8) is 0 Å². The van der Waals surface area contributed by atoms with E-state index in [0.29, 0.717) is 22.6 Å². The predicted octanol–water partition coefficient (Wildman–Crippen LogP) is 1.34. The average molecular weight is 387 g/mol. The number of carbonyl (C=O) groups excluding carboxylic acids is 3. The van der Waals surface area contributed by atoms with Gasteiger partial charge in [-0.2, -0.15) is 0 Å². The van der Waals surface area contributed by atoms with E-state index in [4.69, 9.17) is 4.99 Å². The Morgan fingerprint density at radius 3 is 2.66 bits per heavy atom. The van der Waals surface area contributed by atoms with Gasteiger partial charge >= 0.3 is 0 Å². The topological polar surface area (TPSA) is 108 Å². The second-order valence-corrected chi connectivity index (χ2v) is 8.12. The van der Waals surface area contributed by atoms with Gasteiger partial charge in [-0.05, 0) is 30.2 Å². The molecule has 4 heterocycles. The minimum atomic E-state index is -1.47. The van der Waals surface area contributed by atoms with Crippen molar-refractivity contribution >= 4 is 34.7 Å². The van der Waals surface area contributed by atoms with Gasteiger partial charge in [0.15, 0.2) is 5.78 Å². The van der Waals surface area contributed by atoms with Crippen molar-refractivity contribution in [2.45, 2.75) is 17.4 Å². The molecule has 1 aliphatic carbocycles. The highest BCUT2D eigenvalue weighted by Gasteiger charge is 2.74. The molecule has 5 aliphatic rings. The molecule has 4 aliphatic heterocycles. The van der Waals surface area contributed by atoms with Crippen LogP contribution in [0.5, 0.6) is 0 Å². The molecule has 144 valence electrons. The minimum Gasteiger partial charge on any atom is -0.393 e. The fraction of sp³-hybridized carbons (Fsp3) is 0.273. The van der Waals surface area contributed by atoms with Gasteiger partial charge in [0.1, 0.15) is 11.0 Å². The number of aliphatic hydroxyl groups is 1. The number of nitrogens with zero attached hydrogens (tertiary/aromatic N) is 1. The van der Waals surface area contributed by atoms with Crippen LogP contribution in [-0.2, 0) is 15.0 Å². The van der Waals surface area contributed by atoms with Crippen LogP contribution in [0, 0.1) is 11.8 Å². The summed E-state index contributed by atoms with van der Waals surface area (Å²) in [6.45, 7) is -0.530. The van der Waals surface area contributed by atoms with Crippen LogP contribution < -0.4 is 10.6 Å². The lowest BCUT2D eigenvalue weighted by Gasteiger charge is -2.59. The Bertz CT molecular complexity index is 1170. The number of benzene rings is 2. The third kappa shape index (κ3) is 1.69. The molecule has 0 radical (unpaired) electrons. The highest BCUT2D eigenvalue weighted by Crippen LogP contribution is 2.58. The summed E-state index contributed by atoms with van der Waals surface area (Å²) in [5.41, 5.74) is 0.0531. The lowest BCUT2D eigenvalue weighted by Crippen LogP contribution is -2.82. The maximum Gasteiger partial charge on any atom is 0.238 e. The lowest BCUT2D eigenvalue weighted by atomic mass is 9.48. The van der Waals surface area contributed by atoms with E-state index < -0.39 is 29.4 Å². The Kier molecular flexibility index (Phi) is 2.97. The first-order valence-electron chi connectivity index (χ1n) is 9.60. The minimum absolute atomic E-state index is 0.153. The van der Waals surface area contributed by atoms with Crippen molar-refractivity contribution < 1.29 is 19.5 Å². The summed E-state index contributed by atoms with van der Waals surface area (Å²) < 4.78 is 0. The zero-order valence-electron chi connectivity index (χ0n) is 15.3. The molecule has 1 saturated carbocycles. The number of para-hydroxylation sites is 2. The Labute approximate surface area is 165 Å². The van der Waals surface area contributed by atoms with Gasteiger partial charge in [-0.1, -0.05) is 30.3 Å². The Morgan fingerprint density at radius 2 is 1.83 bits per heavy atom. The fourth-order valence-corrected chi connectivity index (χ4v) is 5.76. The highest BCUT2D eigenvalue weighted by molar-refractivity contribution is 6.28. The Hall–Kier alpha value is -3.32. The molecule has 29 heavy (non-hydrogen) atoms. The number of hydrogen-bond donors (Lipinski definition) is 3. The van der Waals surface area contributed by atoms with Crippen molar-refractivity contribution in [3.8, 4) is 0 Å². The summed E-state index contributed by atoms with van der Waals surface area (Å²) >= 11 is 0. The van der Waals surface area contributed by atoms with Crippen molar-refractivity contribution in [1.29, 1.82) is 0 Å². The number of rotatable bonds is 1. The number of nitrogens with one attached hydrogen (secondary N) is 2. The van der Waals surface area contributed by atoms with E-state index in [0.717, 1.165) is 5.56 Å². The molecular weight excluding hydrogens is 370 g/mol. The molecule has 3 N–H and O–H groups in total. The number of amides is 2. The monoisotopic (exact) mass is 387 g/mol. The van der Waals surface area contributed by atoms with Gasteiger partial charge in [0.05, 0.1) is 29.8 Å². The van der Waals surface area contributed by atoms with Crippen molar-refractivity contribution in [2.75, 3.05) is 11.9 Å². The molecule has 0 aromatic heterocycles. The molecule has 2 saturated heterocycles. The number of aliphatic hydroxyl groups excluding tert-OH is 1. The Balaban J connectivity index is 1.68. The zero-order chi connectivity index (χ0) is 20.0. The smallest absolute Gasteiger partial charge is 0.238 e. The standard InChI is InChI=1S/C22H17N3O4/c26-10-22-18-16(17(27)11-5-1-3-7-14(11)23-18)12(19(28)25-22)9-21(22)13-6-2-4-8-15(13)24-20(21)29/h1-8,12,16,26H,9-10H2,(H,24,29)(H,25,28)/t12-,16+,21?,22?/m0/s1. The van der Waals surface area contributed by atoms with Crippen LogP contribution in [-0.4, -0.2) is 40.6 Å². The van der Waals surface area contributed by atoms with E-state index in [-0.39, 0.29) is 24.0 Å². The predicted molar refractivity (Wildman–Crippen MR) is 104 cm³/mol. The zero-order valence-corrected chi connectivity index (χ0v) is 15.3. The molecule has 3 fully saturated rings. The van der Waals surface area contributed by atoms with Crippen LogP contribution in [0.1, 0.15) is 22.3 Å². The van der Waals surface area contributed by atoms with E-state index in [2.05, 4.69) is 10.6 Å². The largest absolute Gasteiger partial charge is 0.393 e. The normalized spacial score (nSPS) is 33.6. The summed E-state index contributed by atoms with van der Waals surface area (Å²) in [6.07, 6.45) is 0.153. The molecule has 7 rings (SSSR count). The molecule has 2 aromatic rings. The molecule has 4 atom stereocenters. The molecule has 1 spiro atoms. The molecular formula is C22H17N3O4. The average Bonchev–Trinajstić information content (AvgIpc) is 3.01. The van der Waals surface area contributed by atoms with Crippen LogP contribution in [0.3, 0.4) is 0 Å². The van der Waals surface area contributed by atoms with E-state index in [9.17, 15) is 19.5 Å². The first kappa shape index (κ1) is 16.6. The maximum atomic E-state index is 13.4. The van der Waals surface area contributed by atoms with Crippen LogP contribution in [0.2, 0.25) is 0 Å². The summed E-state index contributed by atoms with van der Waals surface area (Å²) in [5, 5.41) is 16.4. The van der Waals surface area contributed by atoms with Crippen molar-refractivity contribution in [1.82, 2.24) is 5.32 Å². The first-order chi connectivity index (χ1) is 14.0. The van der Waals surface area contributed by atoms with E-state index in [1.165, 1.54) is 0 Å². The second kappa shape index (κ2) is 5.18. The van der Waals surface area contributed by atoms with Crippen molar-refractivity contribution in [2.24, 2.45) is 16.8 Å². The van der Waals surface area contributed by atoms with Gasteiger partial charge in [0.2, 0.25) is 11.8 Å². The number of anilines is 1. The number of piperidine rings is 2. The number of aliphatic imine (C=N–C) groups is 1. The summed E-state index contributed by atoms with van der Waals surface area (Å²) in [7, 11) is 0. The molecule has 2 unspecified atom stereocenters. The van der Waals surface area contributed by atoms with E-state index >= 15 is 0 Å². The summed E-state index contributed by atoms with van der Waals surface area (Å²) in [5.74, 6) is -2.27. The molecule has 2 amide bonds. The maximum absolute atomic E-state index is 13.4. The number of hydrogen-bond acceptors (Lipinski definition) is 5. The molecule has 2 bridgehead atoms. The summed E-state index contributed by atoms with van der Waals surface area (Å²) in [4.78, 5) is 44.4. The van der Waals surface area contributed by atoms with Gasteiger partial charge < -0.3 is 15.7 Å². The summed E-state index contributed by atoms with van der Waals surface area (Å²) in [6, 6.07) is 14.3. The number of fused-ring (bicyclic) bond motifs is 3. The van der Waals surface area contributed by atoms with Gasteiger partial charge in [0.25, 0.3) is 0 Å². The molecule has 2 aromatic carbocycles. The number of ketones is 1. The third-order valence-corrected chi connectivity index (χ3v) is 7.01. The van der Waals surface area contributed by atoms with Gasteiger partial charge in [-0.25, -0.2) is 0 Å². The number of carbonyl (C=O) groups is 3. The highest BCUT2D eigenvalue weighted by atomic mass is 16.3. The van der Waals surface area contributed by atoms with Crippen LogP contribution >= 0.6 is 0 Å². The first-order valence-corrected chi connectivity index (χ1v) is 9.60. The Morgan fingerprint density at radius 1 is 1.07 bits per heavy atom. The fourth-order valence-electron chi connectivity index (χ4n) is 5.76. The van der Waals surface area contributed by atoms with Crippen LogP contribution in [0.25, 0.3) is 0 Å². The second-order valence-electron chi connectivity index (χ2n) is 8.12. The third-order valence-electron chi connectivity index (χ3n) is 7.01. The van der Waals surface area contributed by atoms with Gasteiger partial charge in [-0.15, -0.1) is 0 Å². The van der Waals surface area contributed by atoms with Crippen molar-refractivity contribution in [3.05, 3.63) is 59.7 Å². The lowest BCUT2D eigenvalue weighted by molar-refractivity contribution is -0.141. The van der Waals surface area contributed by atoms with Gasteiger partial charge in [0, 0.05) is 11.3 Å². The van der Waals surface area contributed by atoms with Crippen LogP contribution in [0.4, 0.5) is 11.4 Å². The van der Waals surface area contributed by atoms with Crippen LogP contribution in [0.15, 0.2) is 53.5 Å². The number of Topliss-reactive ketones (excluding diaryl/α,β-unsaturated/α-hetero) is 1. The molecule has 7 heteroatoms. The van der Waals surface area contributed by atoms with E-state index in [1.54, 1.807) is 30.3 Å². The van der Waals surface area contributed by atoms with Gasteiger partial charge in [-0.3, -0.25) is 19.4 Å². The van der Waals surface area contributed by atoms with E-state index in [1.807, 2.05) is 18.2 Å². The molecule has 7 nitrogen and oxygen atoms in total. The quantitative estimate of drug-likeness (QED) is 0.686.